The molecule has 0 amide bonds. The molecule has 0 radical (unpaired) electrons. The SMILES string of the molecule is CCCc1c(Cl)ncnc1NCCN(C)C(C)CC. The topological polar surface area (TPSA) is 41.1 Å². The van der Waals surface area contributed by atoms with E-state index < -0.39 is 0 Å². The minimum absolute atomic E-state index is 0.564. The fourth-order valence-electron chi connectivity index (χ4n) is 1.90. The van der Waals surface area contributed by atoms with E-state index in [1.807, 2.05) is 0 Å². The van der Waals surface area contributed by atoms with Crippen LogP contribution in [0.25, 0.3) is 0 Å². The molecule has 1 aromatic heterocycles. The molecule has 0 aliphatic rings. The van der Waals surface area contributed by atoms with E-state index in [2.05, 4.69) is 48.0 Å². The average Bonchev–Trinajstić information content (AvgIpc) is 2.41. The maximum atomic E-state index is 6.12. The van der Waals surface area contributed by atoms with Crippen molar-refractivity contribution in [3.8, 4) is 0 Å². The molecule has 5 heteroatoms. The molecule has 1 aromatic rings. The Morgan fingerprint density at radius 2 is 2.11 bits per heavy atom. The third-order valence-electron chi connectivity index (χ3n) is 3.49. The van der Waals surface area contributed by atoms with Crippen molar-refractivity contribution in [1.82, 2.24) is 14.9 Å². The molecule has 19 heavy (non-hydrogen) atoms. The Labute approximate surface area is 121 Å². The Morgan fingerprint density at radius 3 is 2.74 bits per heavy atom. The molecular weight excluding hydrogens is 260 g/mol. The smallest absolute Gasteiger partial charge is 0.137 e. The number of hydrogen-bond acceptors (Lipinski definition) is 4. The second-order valence-corrected chi connectivity index (χ2v) is 5.26. The van der Waals surface area contributed by atoms with Gasteiger partial charge in [0.2, 0.25) is 0 Å². The van der Waals surface area contributed by atoms with Crippen LogP contribution in [-0.4, -0.2) is 41.0 Å². The van der Waals surface area contributed by atoms with Gasteiger partial charge in [0, 0.05) is 24.7 Å². The normalized spacial score (nSPS) is 12.7. The van der Waals surface area contributed by atoms with Crippen LogP contribution >= 0.6 is 11.6 Å². The predicted octanol–water partition coefficient (Wildman–Crippen LogP) is 3.22. The molecule has 0 spiro atoms. The van der Waals surface area contributed by atoms with Crippen LogP contribution in [0, 0.1) is 0 Å². The summed E-state index contributed by atoms with van der Waals surface area (Å²) in [6.07, 6.45) is 4.62. The summed E-state index contributed by atoms with van der Waals surface area (Å²) < 4.78 is 0. The van der Waals surface area contributed by atoms with Gasteiger partial charge in [-0.25, -0.2) is 9.97 Å². The number of halogens is 1. The Balaban J connectivity index is 2.55. The summed E-state index contributed by atoms with van der Waals surface area (Å²) in [7, 11) is 2.15. The molecule has 0 aromatic carbocycles. The third-order valence-corrected chi connectivity index (χ3v) is 3.82. The number of nitrogens with zero attached hydrogens (tertiary/aromatic N) is 3. The summed E-state index contributed by atoms with van der Waals surface area (Å²) in [6, 6.07) is 0.603. The summed E-state index contributed by atoms with van der Waals surface area (Å²) in [5.41, 5.74) is 1.03. The van der Waals surface area contributed by atoms with Gasteiger partial charge in [-0.1, -0.05) is 31.9 Å². The van der Waals surface area contributed by atoms with Gasteiger partial charge in [0.1, 0.15) is 17.3 Å². The largest absolute Gasteiger partial charge is 0.368 e. The molecule has 1 rings (SSSR count). The van der Waals surface area contributed by atoms with Crippen LogP contribution in [0.4, 0.5) is 5.82 Å². The van der Waals surface area contributed by atoms with Crippen molar-refractivity contribution in [1.29, 1.82) is 0 Å². The second kappa shape index (κ2) is 8.33. The minimum atomic E-state index is 0.564. The van der Waals surface area contributed by atoms with Gasteiger partial charge in [0.25, 0.3) is 0 Å². The van der Waals surface area contributed by atoms with Crippen LogP contribution in [0.1, 0.15) is 39.2 Å². The van der Waals surface area contributed by atoms with Crippen molar-refractivity contribution < 1.29 is 0 Å². The fraction of sp³-hybridized carbons (Fsp3) is 0.714. The molecular formula is C14H25ClN4. The highest BCUT2D eigenvalue weighted by atomic mass is 35.5. The number of anilines is 1. The Kier molecular flexibility index (Phi) is 7.10. The number of aromatic nitrogens is 2. The number of nitrogens with one attached hydrogen (secondary N) is 1. The first-order valence-corrected chi connectivity index (χ1v) is 7.41. The highest BCUT2D eigenvalue weighted by Gasteiger charge is 2.10. The quantitative estimate of drug-likeness (QED) is 0.744. The first-order chi connectivity index (χ1) is 9.10. The van der Waals surface area contributed by atoms with Gasteiger partial charge < -0.3 is 10.2 Å². The van der Waals surface area contributed by atoms with Gasteiger partial charge in [-0.15, -0.1) is 0 Å². The maximum Gasteiger partial charge on any atom is 0.137 e. The molecule has 1 unspecified atom stereocenters. The summed E-state index contributed by atoms with van der Waals surface area (Å²) >= 11 is 6.12. The van der Waals surface area contributed by atoms with E-state index in [9.17, 15) is 0 Å². The first kappa shape index (κ1) is 16.2. The zero-order chi connectivity index (χ0) is 14.3. The number of hydrogen-bond donors (Lipinski definition) is 1. The predicted molar refractivity (Wildman–Crippen MR) is 81.9 cm³/mol. The lowest BCUT2D eigenvalue weighted by atomic mass is 10.2. The molecule has 1 heterocycles. The van der Waals surface area contributed by atoms with E-state index >= 15 is 0 Å². The monoisotopic (exact) mass is 284 g/mol. The Hall–Kier alpha value is -0.870. The van der Waals surface area contributed by atoms with Gasteiger partial charge in [-0.2, -0.15) is 0 Å². The van der Waals surface area contributed by atoms with Crippen LogP contribution < -0.4 is 5.32 Å². The van der Waals surface area contributed by atoms with E-state index in [0.717, 1.165) is 43.7 Å². The molecule has 0 saturated carbocycles. The van der Waals surface area contributed by atoms with Crippen molar-refractivity contribution in [3.05, 3.63) is 17.0 Å². The first-order valence-electron chi connectivity index (χ1n) is 7.03. The standard InChI is InChI=1S/C14H25ClN4/c1-5-7-12-13(15)17-10-18-14(12)16-8-9-19(4)11(3)6-2/h10-11H,5-9H2,1-4H3,(H,16,17,18). The minimum Gasteiger partial charge on any atom is -0.368 e. The molecule has 0 saturated heterocycles. The summed E-state index contributed by atoms with van der Waals surface area (Å²) in [5.74, 6) is 0.874. The molecule has 0 fully saturated rings. The van der Waals surface area contributed by atoms with E-state index in [1.54, 1.807) is 0 Å². The summed E-state index contributed by atoms with van der Waals surface area (Å²) in [6.45, 7) is 8.43. The van der Waals surface area contributed by atoms with Crippen molar-refractivity contribution in [2.45, 2.75) is 46.1 Å². The van der Waals surface area contributed by atoms with Gasteiger partial charge in [-0.05, 0) is 26.8 Å². The van der Waals surface area contributed by atoms with Crippen LogP contribution in [0.15, 0.2) is 6.33 Å². The Bertz CT molecular complexity index is 384. The molecule has 0 aliphatic heterocycles. The van der Waals surface area contributed by atoms with Crippen LogP contribution in [0.5, 0.6) is 0 Å². The van der Waals surface area contributed by atoms with E-state index in [1.165, 1.54) is 6.33 Å². The average molecular weight is 285 g/mol. The maximum absolute atomic E-state index is 6.12. The molecule has 0 bridgehead atoms. The highest BCUT2D eigenvalue weighted by molar-refractivity contribution is 6.30. The third kappa shape index (κ3) is 4.96. The van der Waals surface area contributed by atoms with Crippen LogP contribution in [0.3, 0.4) is 0 Å². The molecule has 108 valence electrons. The Morgan fingerprint density at radius 1 is 1.37 bits per heavy atom. The summed E-state index contributed by atoms with van der Waals surface area (Å²) in [5, 5.41) is 3.94. The van der Waals surface area contributed by atoms with Gasteiger partial charge in [0.05, 0.1) is 0 Å². The van der Waals surface area contributed by atoms with E-state index in [-0.39, 0.29) is 0 Å². The van der Waals surface area contributed by atoms with Gasteiger partial charge >= 0.3 is 0 Å². The molecule has 1 atom stereocenters. The van der Waals surface area contributed by atoms with Gasteiger partial charge in [-0.3, -0.25) is 0 Å². The lowest BCUT2D eigenvalue weighted by Gasteiger charge is -2.23. The molecule has 1 N–H and O–H groups in total. The van der Waals surface area contributed by atoms with Crippen LogP contribution in [0.2, 0.25) is 5.15 Å². The molecule has 4 nitrogen and oxygen atoms in total. The van der Waals surface area contributed by atoms with Crippen molar-refractivity contribution >= 4 is 17.4 Å². The number of rotatable bonds is 8. The highest BCUT2D eigenvalue weighted by Crippen LogP contribution is 2.21. The van der Waals surface area contributed by atoms with E-state index in [0.29, 0.717) is 11.2 Å². The molecule has 0 aliphatic carbocycles. The zero-order valence-corrected chi connectivity index (χ0v) is 13.2. The second-order valence-electron chi connectivity index (χ2n) is 4.91. The van der Waals surface area contributed by atoms with Crippen molar-refractivity contribution in [2.24, 2.45) is 0 Å². The van der Waals surface area contributed by atoms with E-state index in [4.69, 9.17) is 11.6 Å². The fourth-order valence-corrected chi connectivity index (χ4v) is 2.13. The van der Waals surface area contributed by atoms with Crippen LogP contribution in [-0.2, 0) is 6.42 Å². The van der Waals surface area contributed by atoms with Crippen molar-refractivity contribution in [3.63, 3.8) is 0 Å². The summed E-state index contributed by atoms with van der Waals surface area (Å²) in [4.78, 5) is 10.7. The van der Waals surface area contributed by atoms with Crippen molar-refractivity contribution in [2.75, 3.05) is 25.5 Å². The number of likely N-dealkylation sites (N-methyl/N-ethyl adjacent to an activating group) is 1. The van der Waals surface area contributed by atoms with Gasteiger partial charge in [0.15, 0.2) is 0 Å². The lowest BCUT2D eigenvalue weighted by molar-refractivity contribution is 0.261. The lowest BCUT2D eigenvalue weighted by Crippen LogP contribution is -2.32. The zero-order valence-electron chi connectivity index (χ0n) is 12.4.